The Morgan fingerprint density at radius 3 is 2.39 bits per heavy atom. The zero-order valence-corrected chi connectivity index (χ0v) is 20.1. The molecule has 0 aliphatic heterocycles. The molecular formula is C22H24BrNO6S. The third-order valence-electron chi connectivity index (χ3n) is 4.01. The van der Waals surface area contributed by atoms with E-state index < -0.39 is 17.8 Å². The first-order valence-corrected chi connectivity index (χ1v) is 11.3. The first-order valence-electron chi connectivity index (χ1n) is 9.71. The molecule has 0 atom stereocenters. The number of hydrogen-bond acceptors (Lipinski definition) is 7. The highest BCUT2D eigenvalue weighted by atomic mass is 79.9. The zero-order valence-electron chi connectivity index (χ0n) is 17.7. The van der Waals surface area contributed by atoms with Crippen LogP contribution in [0.3, 0.4) is 0 Å². The molecule has 0 unspecified atom stereocenters. The van der Waals surface area contributed by atoms with Crippen LogP contribution in [0.1, 0.15) is 51.9 Å². The first-order chi connectivity index (χ1) is 14.8. The average Bonchev–Trinajstić information content (AvgIpc) is 3.04. The fourth-order valence-corrected chi connectivity index (χ4v) is 4.17. The Hall–Kier alpha value is -2.65. The minimum absolute atomic E-state index is 0.147. The van der Waals surface area contributed by atoms with Gasteiger partial charge in [0, 0.05) is 16.1 Å². The molecule has 1 aromatic carbocycles. The summed E-state index contributed by atoms with van der Waals surface area (Å²) in [7, 11) is 0. The highest BCUT2D eigenvalue weighted by Gasteiger charge is 2.27. The molecule has 0 radical (unpaired) electrons. The molecule has 31 heavy (non-hydrogen) atoms. The number of thiophene rings is 1. The molecule has 0 spiro atoms. The van der Waals surface area contributed by atoms with E-state index in [4.69, 9.17) is 14.2 Å². The molecule has 0 saturated heterocycles. The van der Waals surface area contributed by atoms with Crippen LogP contribution < -0.4 is 10.1 Å². The van der Waals surface area contributed by atoms with Crippen molar-refractivity contribution in [2.45, 2.75) is 27.7 Å². The van der Waals surface area contributed by atoms with Gasteiger partial charge in [-0.1, -0.05) is 15.9 Å². The van der Waals surface area contributed by atoms with Crippen LogP contribution in [0.5, 0.6) is 5.75 Å². The van der Waals surface area contributed by atoms with Gasteiger partial charge in [-0.15, -0.1) is 11.3 Å². The first kappa shape index (κ1) is 24.6. The van der Waals surface area contributed by atoms with Crippen LogP contribution in [-0.4, -0.2) is 37.7 Å². The molecule has 0 aliphatic carbocycles. The number of benzene rings is 1. The number of anilines is 1. The van der Waals surface area contributed by atoms with Crippen molar-refractivity contribution in [3.8, 4) is 5.75 Å². The number of amides is 1. The van der Waals surface area contributed by atoms with E-state index in [1.807, 2.05) is 19.1 Å². The molecule has 0 bridgehead atoms. The van der Waals surface area contributed by atoms with E-state index in [9.17, 15) is 14.4 Å². The topological polar surface area (TPSA) is 90.9 Å². The molecule has 1 N–H and O–H groups in total. The van der Waals surface area contributed by atoms with Crippen molar-refractivity contribution in [2.75, 3.05) is 25.1 Å². The molecule has 1 heterocycles. The standard InChI is InChI=1S/C22H24BrNO6S/c1-5-28-16-10-9-15(23)12-14(16)8-11-17(25)24-20-18(21(26)29-6-2)13(4)19(31-20)22(27)30-7-3/h8-12H,5-7H2,1-4H3,(H,24,25). The van der Waals surface area contributed by atoms with Crippen LogP contribution >= 0.6 is 27.3 Å². The number of halogens is 1. The van der Waals surface area contributed by atoms with Gasteiger partial charge >= 0.3 is 11.9 Å². The van der Waals surface area contributed by atoms with Crippen LogP contribution in [0.4, 0.5) is 5.00 Å². The smallest absolute Gasteiger partial charge is 0.348 e. The van der Waals surface area contributed by atoms with Gasteiger partial charge in [-0.05, 0) is 57.5 Å². The largest absolute Gasteiger partial charge is 0.493 e. The van der Waals surface area contributed by atoms with Gasteiger partial charge in [0.2, 0.25) is 5.91 Å². The highest BCUT2D eigenvalue weighted by molar-refractivity contribution is 9.10. The van der Waals surface area contributed by atoms with Gasteiger partial charge in [-0.25, -0.2) is 9.59 Å². The minimum Gasteiger partial charge on any atom is -0.493 e. The number of rotatable bonds is 9. The predicted octanol–water partition coefficient (Wildman–Crippen LogP) is 5.22. The maximum atomic E-state index is 12.6. The van der Waals surface area contributed by atoms with Crippen molar-refractivity contribution in [2.24, 2.45) is 0 Å². The third kappa shape index (κ3) is 6.41. The summed E-state index contributed by atoms with van der Waals surface area (Å²) in [6.45, 7) is 7.72. The fourth-order valence-electron chi connectivity index (χ4n) is 2.70. The highest BCUT2D eigenvalue weighted by Crippen LogP contribution is 2.34. The van der Waals surface area contributed by atoms with E-state index in [2.05, 4.69) is 21.2 Å². The van der Waals surface area contributed by atoms with Crippen molar-refractivity contribution in [1.82, 2.24) is 0 Å². The van der Waals surface area contributed by atoms with Crippen molar-refractivity contribution in [3.63, 3.8) is 0 Å². The summed E-state index contributed by atoms with van der Waals surface area (Å²) in [6, 6.07) is 5.48. The van der Waals surface area contributed by atoms with E-state index >= 15 is 0 Å². The second-order valence-corrected chi connectivity index (χ2v) is 8.08. The Labute approximate surface area is 193 Å². The maximum Gasteiger partial charge on any atom is 0.348 e. The van der Waals surface area contributed by atoms with Crippen LogP contribution in [0.15, 0.2) is 28.7 Å². The SMILES string of the molecule is CCOC(=O)c1sc(NC(=O)C=Cc2cc(Br)ccc2OCC)c(C(=O)OCC)c1C. The van der Waals surface area contributed by atoms with Crippen LogP contribution in [-0.2, 0) is 14.3 Å². The molecular weight excluding hydrogens is 486 g/mol. The monoisotopic (exact) mass is 509 g/mol. The van der Waals surface area contributed by atoms with Crippen LogP contribution in [0.25, 0.3) is 6.08 Å². The van der Waals surface area contributed by atoms with Gasteiger partial charge in [0.25, 0.3) is 0 Å². The molecule has 0 aliphatic rings. The number of hydrogen-bond donors (Lipinski definition) is 1. The normalized spacial score (nSPS) is 10.7. The number of nitrogens with one attached hydrogen (secondary N) is 1. The van der Waals surface area contributed by atoms with E-state index in [-0.39, 0.29) is 28.7 Å². The number of ether oxygens (including phenoxy) is 3. The quantitative estimate of drug-likeness (QED) is 0.367. The van der Waals surface area contributed by atoms with E-state index in [1.54, 1.807) is 32.9 Å². The summed E-state index contributed by atoms with van der Waals surface area (Å²) in [5, 5.41) is 2.91. The number of carbonyl (C=O) groups excluding carboxylic acids is 3. The molecule has 2 rings (SSSR count). The number of carbonyl (C=O) groups is 3. The lowest BCUT2D eigenvalue weighted by atomic mass is 10.1. The Morgan fingerprint density at radius 2 is 1.74 bits per heavy atom. The van der Waals surface area contributed by atoms with Crippen molar-refractivity contribution in [3.05, 3.63) is 50.3 Å². The molecule has 0 saturated carbocycles. The zero-order chi connectivity index (χ0) is 23.0. The lowest BCUT2D eigenvalue weighted by molar-refractivity contribution is -0.111. The summed E-state index contributed by atoms with van der Waals surface area (Å²) in [6.07, 6.45) is 2.94. The van der Waals surface area contributed by atoms with Gasteiger partial charge in [0.1, 0.15) is 15.6 Å². The maximum absolute atomic E-state index is 12.6. The summed E-state index contributed by atoms with van der Waals surface area (Å²) < 4.78 is 16.6. The third-order valence-corrected chi connectivity index (χ3v) is 5.69. The van der Waals surface area contributed by atoms with Crippen molar-refractivity contribution in [1.29, 1.82) is 0 Å². The summed E-state index contributed by atoms with van der Waals surface area (Å²) >= 11 is 4.38. The Kier molecular flexibility index (Phi) is 9.26. The average molecular weight is 510 g/mol. The van der Waals surface area contributed by atoms with Gasteiger partial charge in [-0.3, -0.25) is 4.79 Å². The molecule has 9 heteroatoms. The van der Waals surface area contributed by atoms with Crippen molar-refractivity contribution < 1.29 is 28.6 Å². The lowest BCUT2D eigenvalue weighted by Gasteiger charge is -2.08. The van der Waals surface area contributed by atoms with Gasteiger partial charge in [0.05, 0.1) is 25.4 Å². The Morgan fingerprint density at radius 1 is 1.06 bits per heavy atom. The molecule has 1 amide bonds. The van der Waals surface area contributed by atoms with Gasteiger partial charge in [0.15, 0.2) is 0 Å². The van der Waals surface area contributed by atoms with Gasteiger partial charge < -0.3 is 19.5 Å². The second-order valence-electron chi connectivity index (χ2n) is 6.14. The summed E-state index contributed by atoms with van der Waals surface area (Å²) in [4.78, 5) is 37.5. The van der Waals surface area contributed by atoms with E-state index in [1.165, 1.54) is 6.08 Å². The van der Waals surface area contributed by atoms with E-state index in [0.717, 1.165) is 15.8 Å². The molecule has 1 aromatic heterocycles. The van der Waals surface area contributed by atoms with E-state index in [0.29, 0.717) is 23.5 Å². The second kappa shape index (κ2) is 11.7. The van der Waals surface area contributed by atoms with Crippen molar-refractivity contribution >= 4 is 56.2 Å². The van der Waals surface area contributed by atoms with Gasteiger partial charge in [-0.2, -0.15) is 0 Å². The van der Waals surface area contributed by atoms with Crippen LogP contribution in [0, 0.1) is 6.92 Å². The Balaban J connectivity index is 2.32. The molecule has 2 aromatic rings. The van der Waals surface area contributed by atoms with Crippen LogP contribution in [0.2, 0.25) is 0 Å². The molecule has 7 nitrogen and oxygen atoms in total. The predicted molar refractivity (Wildman–Crippen MR) is 124 cm³/mol. The minimum atomic E-state index is -0.614. The number of esters is 2. The lowest BCUT2D eigenvalue weighted by Crippen LogP contribution is -2.13. The molecule has 166 valence electrons. The Bertz CT molecular complexity index is 998. The molecule has 0 fully saturated rings. The summed E-state index contributed by atoms with van der Waals surface area (Å²) in [5.41, 5.74) is 1.27. The summed E-state index contributed by atoms with van der Waals surface area (Å²) in [5.74, 6) is -0.998. The fraction of sp³-hybridized carbons (Fsp3) is 0.318.